The highest BCUT2D eigenvalue weighted by atomic mass is 16.5. The van der Waals surface area contributed by atoms with Crippen LogP contribution in [0.5, 0.6) is 5.75 Å². The molecule has 3 heteroatoms. The average Bonchev–Trinajstić information content (AvgIpc) is 2.59. The second kappa shape index (κ2) is 6.46. The van der Waals surface area contributed by atoms with Crippen LogP contribution in [0.4, 0.5) is 0 Å². The highest BCUT2D eigenvalue weighted by molar-refractivity contribution is 5.94. The van der Waals surface area contributed by atoms with Gasteiger partial charge in [-0.1, -0.05) is 18.2 Å². The predicted molar refractivity (Wildman–Crippen MR) is 104 cm³/mol. The number of ether oxygens (including phenoxy) is 1. The zero-order chi connectivity index (χ0) is 18.3. The molecule has 2 aromatic rings. The zero-order valence-corrected chi connectivity index (χ0v) is 15.9. The van der Waals surface area contributed by atoms with Crippen molar-refractivity contribution in [2.75, 3.05) is 0 Å². The fourth-order valence-electron chi connectivity index (χ4n) is 4.20. The monoisotopic (exact) mass is 349 g/mol. The summed E-state index contributed by atoms with van der Waals surface area (Å²) in [6.45, 7) is 6.22. The maximum absolute atomic E-state index is 12.9. The Bertz CT molecular complexity index is 853. The SMILES string of the molecule is Cc1ccc2c(c1)OC(C)(C)C[C@H]2NC(=O)c1ccc2c(c1)CCCC2. The molecule has 4 rings (SSSR count). The van der Waals surface area contributed by atoms with Crippen molar-refractivity contribution in [3.05, 3.63) is 64.2 Å². The number of nitrogens with one attached hydrogen (secondary N) is 1. The van der Waals surface area contributed by atoms with Crippen LogP contribution in [0.3, 0.4) is 0 Å². The molecular weight excluding hydrogens is 322 g/mol. The largest absolute Gasteiger partial charge is 0.487 e. The van der Waals surface area contributed by atoms with E-state index in [4.69, 9.17) is 4.74 Å². The van der Waals surface area contributed by atoms with E-state index in [9.17, 15) is 4.79 Å². The van der Waals surface area contributed by atoms with Crippen LogP contribution in [0, 0.1) is 6.92 Å². The summed E-state index contributed by atoms with van der Waals surface area (Å²) in [5.41, 5.74) is 5.45. The summed E-state index contributed by atoms with van der Waals surface area (Å²) in [7, 11) is 0. The van der Waals surface area contributed by atoms with Gasteiger partial charge >= 0.3 is 0 Å². The third-order valence-corrected chi connectivity index (χ3v) is 5.54. The average molecular weight is 349 g/mol. The summed E-state index contributed by atoms with van der Waals surface area (Å²) in [6.07, 6.45) is 5.46. The van der Waals surface area contributed by atoms with Crippen LogP contribution in [0.2, 0.25) is 0 Å². The van der Waals surface area contributed by atoms with Gasteiger partial charge in [-0.25, -0.2) is 0 Å². The first kappa shape index (κ1) is 17.1. The first-order valence-corrected chi connectivity index (χ1v) is 9.63. The van der Waals surface area contributed by atoms with Gasteiger partial charge in [0.25, 0.3) is 5.91 Å². The first-order valence-electron chi connectivity index (χ1n) is 9.63. The summed E-state index contributed by atoms with van der Waals surface area (Å²) in [6, 6.07) is 12.4. The number of rotatable bonds is 2. The van der Waals surface area contributed by atoms with E-state index in [-0.39, 0.29) is 17.6 Å². The molecular formula is C23H27NO2. The predicted octanol–water partition coefficient (Wildman–Crippen LogP) is 4.91. The number of carbonyl (C=O) groups is 1. The molecule has 0 bridgehead atoms. The molecule has 1 atom stereocenters. The van der Waals surface area contributed by atoms with E-state index in [1.807, 2.05) is 6.07 Å². The lowest BCUT2D eigenvalue weighted by molar-refractivity contribution is 0.0619. The number of hydrogen-bond donors (Lipinski definition) is 1. The second-order valence-corrected chi connectivity index (χ2v) is 8.32. The van der Waals surface area contributed by atoms with Crippen molar-refractivity contribution in [2.45, 2.75) is 64.5 Å². The normalized spacial score (nSPS) is 20.5. The minimum atomic E-state index is -0.297. The van der Waals surface area contributed by atoms with Crippen molar-refractivity contribution in [2.24, 2.45) is 0 Å². The minimum Gasteiger partial charge on any atom is -0.487 e. The van der Waals surface area contributed by atoms with Gasteiger partial charge in [0.2, 0.25) is 0 Å². The number of carbonyl (C=O) groups excluding carboxylic acids is 1. The van der Waals surface area contributed by atoms with Crippen molar-refractivity contribution in [3.63, 3.8) is 0 Å². The van der Waals surface area contributed by atoms with Gasteiger partial charge in [0.05, 0.1) is 6.04 Å². The molecule has 1 N–H and O–H groups in total. The van der Waals surface area contributed by atoms with Gasteiger partial charge in [0.1, 0.15) is 11.4 Å². The molecule has 0 saturated carbocycles. The minimum absolute atomic E-state index is 0.00704. The van der Waals surface area contributed by atoms with Gasteiger partial charge in [0, 0.05) is 17.5 Å². The molecule has 2 aliphatic rings. The van der Waals surface area contributed by atoms with Crippen molar-refractivity contribution in [1.82, 2.24) is 5.32 Å². The third-order valence-electron chi connectivity index (χ3n) is 5.54. The zero-order valence-electron chi connectivity index (χ0n) is 15.9. The highest BCUT2D eigenvalue weighted by Crippen LogP contribution is 2.40. The highest BCUT2D eigenvalue weighted by Gasteiger charge is 2.34. The Kier molecular flexibility index (Phi) is 4.26. The van der Waals surface area contributed by atoms with Gasteiger partial charge in [-0.2, -0.15) is 0 Å². The molecule has 1 aliphatic carbocycles. The van der Waals surface area contributed by atoms with Crippen molar-refractivity contribution >= 4 is 5.91 Å². The second-order valence-electron chi connectivity index (χ2n) is 8.32. The van der Waals surface area contributed by atoms with Gasteiger partial charge in [-0.3, -0.25) is 4.79 Å². The maximum atomic E-state index is 12.9. The lowest BCUT2D eigenvalue weighted by atomic mass is 9.88. The van der Waals surface area contributed by atoms with Crippen LogP contribution >= 0.6 is 0 Å². The Hall–Kier alpha value is -2.29. The van der Waals surface area contributed by atoms with Gasteiger partial charge in [0.15, 0.2) is 0 Å². The fraction of sp³-hybridized carbons (Fsp3) is 0.435. The van der Waals surface area contributed by atoms with E-state index in [2.05, 4.69) is 56.4 Å². The molecule has 0 fully saturated rings. The van der Waals surface area contributed by atoms with E-state index in [1.54, 1.807) is 0 Å². The standard InChI is InChI=1S/C23H27NO2/c1-15-8-11-19-20(14-23(2,3)26-21(19)12-15)24-22(25)18-10-9-16-6-4-5-7-17(16)13-18/h8-13,20H,4-7,14H2,1-3H3,(H,24,25)/t20-/m1/s1. The molecule has 0 spiro atoms. The van der Waals surface area contributed by atoms with E-state index in [0.29, 0.717) is 0 Å². The third kappa shape index (κ3) is 3.35. The molecule has 0 aromatic heterocycles. The quantitative estimate of drug-likeness (QED) is 0.837. The van der Waals surface area contributed by atoms with Crippen LogP contribution in [-0.2, 0) is 12.8 Å². The molecule has 0 saturated heterocycles. The molecule has 1 aliphatic heterocycles. The Morgan fingerprint density at radius 3 is 2.65 bits per heavy atom. The number of aryl methyl sites for hydroxylation is 3. The number of benzene rings is 2. The maximum Gasteiger partial charge on any atom is 0.251 e. The Morgan fingerprint density at radius 2 is 1.85 bits per heavy atom. The Morgan fingerprint density at radius 1 is 1.08 bits per heavy atom. The van der Waals surface area contributed by atoms with Crippen molar-refractivity contribution in [3.8, 4) is 5.75 Å². The summed E-state index contributed by atoms with van der Waals surface area (Å²) in [5.74, 6) is 0.893. The van der Waals surface area contributed by atoms with Crippen LogP contribution < -0.4 is 10.1 Å². The number of fused-ring (bicyclic) bond motifs is 2. The van der Waals surface area contributed by atoms with Crippen LogP contribution in [0.1, 0.15) is 71.8 Å². The van der Waals surface area contributed by atoms with Crippen molar-refractivity contribution in [1.29, 1.82) is 0 Å². The lowest BCUT2D eigenvalue weighted by Crippen LogP contribution is -2.41. The smallest absolute Gasteiger partial charge is 0.251 e. The molecule has 136 valence electrons. The summed E-state index contributed by atoms with van der Waals surface area (Å²) >= 11 is 0. The fourth-order valence-corrected chi connectivity index (χ4v) is 4.20. The molecule has 0 radical (unpaired) electrons. The Balaban J connectivity index is 1.59. The number of amides is 1. The molecule has 3 nitrogen and oxygen atoms in total. The van der Waals surface area contributed by atoms with Crippen LogP contribution in [0.25, 0.3) is 0 Å². The van der Waals surface area contributed by atoms with Gasteiger partial charge in [-0.15, -0.1) is 0 Å². The molecule has 1 heterocycles. The topological polar surface area (TPSA) is 38.3 Å². The molecule has 0 unspecified atom stereocenters. The van der Waals surface area contributed by atoms with Crippen LogP contribution in [-0.4, -0.2) is 11.5 Å². The molecule has 26 heavy (non-hydrogen) atoms. The number of hydrogen-bond acceptors (Lipinski definition) is 2. The van der Waals surface area contributed by atoms with E-state index in [1.165, 1.54) is 29.5 Å². The Labute approximate surface area is 155 Å². The van der Waals surface area contributed by atoms with Gasteiger partial charge in [-0.05, 0) is 81.3 Å². The first-order chi connectivity index (χ1) is 12.4. The van der Waals surface area contributed by atoms with Crippen molar-refractivity contribution < 1.29 is 9.53 Å². The summed E-state index contributed by atoms with van der Waals surface area (Å²) in [4.78, 5) is 12.9. The molecule has 2 aromatic carbocycles. The van der Waals surface area contributed by atoms with Gasteiger partial charge < -0.3 is 10.1 Å². The van der Waals surface area contributed by atoms with E-state index >= 15 is 0 Å². The summed E-state index contributed by atoms with van der Waals surface area (Å²) < 4.78 is 6.14. The summed E-state index contributed by atoms with van der Waals surface area (Å²) in [5, 5.41) is 3.25. The van der Waals surface area contributed by atoms with E-state index in [0.717, 1.165) is 36.1 Å². The lowest BCUT2D eigenvalue weighted by Gasteiger charge is -2.38. The molecule has 1 amide bonds. The van der Waals surface area contributed by atoms with Crippen LogP contribution in [0.15, 0.2) is 36.4 Å². The van der Waals surface area contributed by atoms with E-state index < -0.39 is 0 Å².